The largest absolute Gasteiger partial charge is 3.00 e. The molecular weight excluding hydrogens is 362 g/mol. The van der Waals surface area contributed by atoms with Crippen molar-refractivity contribution >= 4 is 55.8 Å². The van der Waals surface area contributed by atoms with Crippen LogP contribution in [0.5, 0.6) is 0 Å². The molecule has 0 aliphatic heterocycles. The molecule has 0 unspecified atom stereocenters. The van der Waals surface area contributed by atoms with E-state index in [1.807, 2.05) is 0 Å². The number of carbonyl (C=O) groups excluding carboxylic acids is 3. The molecule has 12 N–H and O–H groups in total. The number of rotatable bonds is 3. The van der Waals surface area contributed by atoms with Crippen molar-refractivity contribution in [3.63, 3.8) is 0 Å². The van der Waals surface area contributed by atoms with Gasteiger partial charge in [0.25, 0.3) is 0 Å². The molecule has 0 saturated carbocycles. The van der Waals surface area contributed by atoms with Crippen LogP contribution in [0.3, 0.4) is 0 Å². The van der Waals surface area contributed by atoms with Crippen molar-refractivity contribution in [3.8, 4) is 0 Å². The zero-order chi connectivity index (χ0) is 12.9. The third kappa shape index (κ3) is 131. The van der Waals surface area contributed by atoms with Crippen LogP contribution >= 0.6 is 0 Å². The molecule has 19 heavy (non-hydrogen) atoms. The quantitative estimate of drug-likeness (QED) is 0.319. The second-order valence-corrected chi connectivity index (χ2v) is 2.42. The summed E-state index contributed by atoms with van der Waals surface area (Å²) in [7, 11) is 0. The van der Waals surface area contributed by atoms with Crippen molar-refractivity contribution in [3.05, 3.63) is 0 Å². The molecule has 1 radical (unpaired) electrons. The first-order chi connectivity index (χ1) is 6.81. The summed E-state index contributed by atoms with van der Waals surface area (Å²) in [5.41, 5.74) is 0. The number of hydrogen-bond acceptors (Lipinski definition) is 9. The fourth-order valence-corrected chi connectivity index (χ4v) is 0. The number of quaternary nitrogens is 3. The zero-order valence-electron chi connectivity index (χ0n) is 10.6. The van der Waals surface area contributed by atoms with E-state index in [2.05, 4.69) is 37.9 Å². The van der Waals surface area contributed by atoms with E-state index in [4.69, 9.17) is 29.7 Å². The van der Waals surface area contributed by atoms with Gasteiger partial charge in [-0.2, -0.15) is 0 Å². The van der Waals surface area contributed by atoms with Gasteiger partial charge < -0.3 is 86.0 Å². The van der Waals surface area contributed by atoms with Gasteiger partial charge in [0.1, 0.15) is 0 Å². The van der Waals surface area contributed by atoms with Gasteiger partial charge >= 0.3 is 17.1 Å². The molecule has 0 aromatic carbocycles. The first kappa shape index (κ1) is 42.8. The van der Waals surface area contributed by atoms with Gasteiger partial charge in [0.2, 0.25) is 0 Å². The van der Waals surface area contributed by atoms with Gasteiger partial charge in [0.15, 0.2) is 0 Å². The maximum Gasteiger partial charge on any atom is 3.00 e. The average molecular weight is 380 g/mol. The van der Waals surface area contributed by atoms with Crippen LogP contribution in [0.1, 0.15) is 0 Å². The van der Waals surface area contributed by atoms with Crippen LogP contribution in [0.2, 0.25) is 0 Å². The maximum atomic E-state index is 9.15. The molecule has 0 aromatic heterocycles. The van der Waals surface area contributed by atoms with E-state index in [1.54, 1.807) is 0 Å². The van der Waals surface area contributed by atoms with Gasteiger partial charge in [0, 0.05) is 17.9 Å². The Hall–Kier alpha value is -0.141. The average Bonchev–Trinajstić information content (AvgIpc) is 2.19. The summed E-state index contributed by atoms with van der Waals surface area (Å²) in [5.74, 6) is -4.46. The van der Waals surface area contributed by atoms with Gasteiger partial charge in [0.05, 0.1) is 0 Å². The van der Waals surface area contributed by atoms with Crippen molar-refractivity contribution in [2.24, 2.45) is 0 Å². The van der Waals surface area contributed by atoms with E-state index in [0.29, 0.717) is 0 Å². The van der Waals surface area contributed by atoms with Gasteiger partial charge in [-0.25, -0.2) is 0 Å². The first-order valence-electron chi connectivity index (χ1n) is 3.15. The second kappa shape index (κ2) is 36.1. The van der Waals surface area contributed by atoms with E-state index in [9.17, 15) is 0 Å². The second-order valence-electron chi connectivity index (χ2n) is 1.55. The minimum Gasteiger partial charge on any atom is -0.787 e. The van der Waals surface area contributed by atoms with Gasteiger partial charge in [-0.1, -0.05) is 0 Å². The normalized spacial score (nSPS) is 5.84. The van der Waals surface area contributed by atoms with E-state index < -0.39 is 17.9 Å². The Bertz CT molecular complexity index is 179. The van der Waals surface area contributed by atoms with Crippen LogP contribution in [0, 0.1) is 0 Å². The molecule has 0 fully saturated rings. The smallest absolute Gasteiger partial charge is 0.787 e. The third-order valence-electron chi connectivity index (χ3n) is 0.354. The Morgan fingerprint density at radius 3 is 0.684 bits per heavy atom. The third-order valence-corrected chi connectivity index (χ3v) is 1.06. The summed E-state index contributed by atoms with van der Waals surface area (Å²) < 4.78 is 0. The molecule has 0 heterocycles. The number of carboxylic acids is 3. The topological polar surface area (TPSA) is 230 Å². The Labute approximate surface area is 138 Å². The monoisotopic (exact) mass is 380 g/mol. The fraction of sp³-hybridized carbons (Fsp3) is 0.500. The SMILES string of the molecule is O=C([O-])C[S-].O=C([O-])C[S-].O=C([O-])C[S-].[Fe+3].[NH4+].[NH4+].[NH4+]. The minimum absolute atomic E-state index is 0. The Morgan fingerprint density at radius 2 is 0.684 bits per heavy atom. The molecule has 0 rings (SSSR count). The Morgan fingerprint density at radius 1 is 0.632 bits per heavy atom. The summed E-state index contributed by atoms with van der Waals surface area (Å²) in [5, 5.41) is 27.5. The Kier molecular flexibility index (Phi) is 81.2. The van der Waals surface area contributed by atoms with Crippen LogP contribution in [-0.4, -0.2) is 35.2 Å². The molecule has 119 valence electrons. The molecule has 0 atom stereocenters. The molecule has 0 aliphatic rings. The van der Waals surface area contributed by atoms with Crippen LogP contribution < -0.4 is 33.8 Å². The number of carbonyl (C=O) groups is 3. The van der Waals surface area contributed by atoms with Crippen molar-refractivity contribution in [1.29, 1.82) is 0 Å². The van der Waals surface area contributed by atoms with E-state index in [-0.39, 0.29) is 52.8 Å². The van der Waals surface area contributed by atoms with Crippen molar-refractivity contribution in [1.82, 2.24) is 18.5 Å². The van der Waals surface area contributed by atoms with E-state index >= 15 is 0 Å². The summed E-state index contributed by atoms with van der Waals surface area (Å²) in [6, 6.07) is 0. The molecule has 9 nitrogen and oxygen atoms in total. The van der Waals surface area contributed by atoms with Crippen LogP contribution in [0.4, 0.5) is 0 Å². The number of carboxylic acid groups (broad SMARTS) is 3. The van der Waals surface area contributed by atoms with Crippen LogP contribution in [-0.2, 0) is 69.3 Å². The van der Waals surface area contributed by atoms with E-state index in [0.717, 1.165) is 0 Å². The van der Waals surface area contributed by atoms with Gasteiger partial charge in [-0.15, -0.1) is 17.3 Å². The van der Waals surface area contributed by atoms with Crippen LogP contribution in [0.25, 0.3) is 0 Å². The Balaban J connectivity index is -0.0000000206. The van der Waals surface area contributed by atoms with Crippen LogP contribution in [0.15, 0.2) is 0 Å². The number of hydrogen-bond donors (Lipinski definition) is 3. The van der Waals surface area contributed by atoms with Crippen molar-refractivity contribution in [2.45, 2.75) is 0 Å². The predicted octanol–water partition coefficient (Wildman–Crippen LogP) is -4.02. The molecule has 0 saturated heterocycles. The maximum absolute atomic E-state index is 9.15. The van der Waals surface area contributed by atoms with Gasteiger partial charge in [-0.3, -0.25) is 0 Å². The predicted molar refractivity (Wildman–Crippen MR) is 69.7 cm³/mol. The zero-order valence-corrected chi connectivity index (χ0v) is 14.2. The summed E-state index contributed by atoms with van der Waals surface area (Å²) in [6.07, 6.45) is 0. The molecule has 0 spiro atoms. The first-order valence-corrected chi connectivity index (χ1v) is 4.88. The summed E-state index contributed by atoms with van der Waals surface area (Å²) >= 11 is 12.0. The minimum atomic E-state index is -1.18. The molecule has 0 bridgehead atoms. The van der Waals surface area contributed by atoms with Crippen molar-refractivity contribution < 1.29 is 46.8 Å². The van der Waals surface area contributed by atoms with E-state index in [1.165, 1.54) is 0 Å². The van der Waals surface area contributed by atoms with Gasteiger partial charge in [-0.05, 0) is 0 Å². The standard InChI is InChI=1S/3C2H4O2S.Fe.3H3N/c3*3-2(4)1-5;;;;/h3*5H,1H2,(H,3,4);;3*1H3/q;;;+3;;;/p-3. The molecule has 0 aliphatic carbocycles. The fourth-order valence-electron chi connectivity index (χ4n) is 0. The van der Waals surface area contributed by atoms with Crippen molar-refractivity contribution in [2.75, 3.05) is 17.3 Å². The molecule has 13 heteroatoms. The molecular formula is C6H18FeN3O6S3. The summed E-state index contributed by atoms with van der Waals surface area (Å²) in [6.45, 7) is 0. The summed E-state index contributed by atoms with van der Waals surface area (Å²) in [4.78, 5) is 27.5. The number of aliphatic carboxylic acids is 3. The molecule has 0 amide bonds. The molecule has 0 aromatic rings.